The zero-order chi connectivity index (χ0) is 17.2. The van der Waals surface area contributed by atoms with Crippen molar-refractivity contribution in [2.75, 3.05) is 0 Å². The molecular weight excluding hydrogens is 336 g/mol. The van der Waals surface area contributed by atoms with Gasteiger partial charge >= 0.3 is 0 Å². The Bertz CT molecular complexity index is 700. The zero-order valence-electron chi connectivity index (χ0n) is 14.2. The van der Waals surface area contributed by atoms with Crippen molar-refractivity contribution in [3.05, 3.63) is 23.4 Å². The molecule has 134 valence electrons. The van der Waals surface area contributed by atoms with Crippen molar-refractivity contribution in [3.8, 4) is 10.7 Å². The fourth-order valence-electron chi connectivity index (χ4n) is 4.37. The predicted molar refractivity (Wildman–Crippen MR) is 95.9 cm³/mol. The summed E-state index contributed by atoms with van der Waals surface area (Å²) >= 11 is 1.57. The molecule has 4 rings (SSSR count). The zero-order valence-corrected chi connectivity index (χ0v) is 15.0. The highest BCUT2D eigenvalue weighted by molar-refractivity contribution is 7.13. The van der Waals surface area contributed by atoms with Gasteiger partial charge in [-0.05, 0) is 49.0 Å². The van der Waals surface area contributed by atoms with Gasteiger partial charge in [0.25, 0.3) is 0 Å². The number of carbonyl (C=O) groups excluding carboxylic acids is 1. The third-order valence-corrected chi connectivity index (χ3v) is 6.35. The number of hydrogen-bond acceptors (Lipinski definition) is 6. The summed E-state index contributed by atoms with van der Waals surface area (Å²) in [6.07, 6.45) is 6.57. The maximum absolute atomic E-state index is 12.4. The van der Waals surface area contributed by atoms with Crippen LogP contribution in [0.4, 0.5) is 0 Å². The van der Waals surface area contributed by atoms with E-state index >= 15 is 0 Å². The molecule has 0 aliphatic heterocycles. The molecule has 1 amide bonds. The van der Waals surface area contributed by atoms with Crippen LogP contribution < -0.4 is 11.1 Å². The highest BCUT2D eigenvalue weighted by Crippen LogP contribution is 2.39. The van der Waals surface area contributed by atoms with Crippen molar-refractivity contribution in [1.82, 2.24) is 15.5 Å². The van der Waals surface area contributed by atoms with Gasteiger partial charge in [0.1, 0.15) is 0 Å². The monoisotopic (exact) mass is 360 g/mol. The van der Waals surface area contributed by atoms with Crippen molar-refractivity contribution < 1.29 is 9.32 Å². The van der Waals surface area contributed by atoms with Gasteiger partial charge in [-0.3, -0.25) is 4.79 Å². The average Bonchev–Trinajstić information content (AvgIpc) is 3.25. The van der Waals surface area contributed by atoms with E-state index in [0.717, 1.165) is 17.7 Å². The van der Waals surface area contributed by atoms with Crippen LogP contribution in [-0.4, -0.2) is 28.1 Å². The first kappa shape index (κ1) is 16.7. The van der Waals surface area contributed by atoms with Gasteiger partial charge in [-0.15, -0.1) is 11.3 Å². The Kier molecular flexibility index (Phi) is 4.85. The minimum Gasteiger partial charge on any atom is -0.353 e. The maximum atomic E-state index is 12.4. The van der Waals surface area contributed by atoms with E-state index in [1.165, 1.54) is 19.3 Å². The summed E-state index contributed by atoms with van der Waals surface area (Å²) in [6.45, 7) is 0. The summed E-state index contributed by atoms with van der Waals surface area (Å²) < 4.78 is 5.27. The van der Waals surface area contributed by atoms with Gasteiger partial charge in [0.05, 0.1) is 4.88 Å². The Morgan fingerprint density at radius 3 is 2.88 bits per heavy atom. The third kappa shape index (κ3) is 3.77. The van der Waals surface area contributed by atoms with Crippen molar-refractivity contribution in [2.45, 2.75) is 57.0 Å². The van der Waals surface area contributed by atoms with Crippen LogP contribution in [0.2, 0.25) is 0 Å². The molecule has 2 aromatic heterocycles. The van der Waals surface area contributed by atoms with E-state index in [1.54, 1.807) is 11.3 Å². The lowest BCUT2D eigenvalue weighted by Gasteiger charge is -2.45. The molecule has 0 spiro atoms. The molecule has 3 N–H and O–H groups in total. The largest absolute Gasteiger partial charge is 0.353 e. The van der Waals surface area contributed by atoms with Gasteiger partial charge in [-0.2, -0.15) is 4.98 Å². The number of fused-ring (bicyclic) bond motifs is 2. The molecule has 6 nitrogen and oxygen atoms in total. The summed E-state index contributed by atoms with van der Waals surface area (Å²) in [6, 6.07) is 4.51. The van der Waals surface area contributed by atoms with E-state index in [-0.39, 0.29) is 5.91 Å². The van der Waals surface area contributed by atoms with Crippen molar-refractivity contribution in [1.29, 1.82) is 0 Å². The Morgan fingerprint density at radius 1 is 1.36 bits per heavy atom. The predicted octanol–water partition coefficient (Wildman–Crippen LogP) is 2.75. The van der Waals surface area contributed by atoms with Gasteiger partial charge in [-0.1, -0.05) is 17.6 Å². The number of nitrogens with zero attached hydrogens (tertiary/aromatic N) is 2. The van der Waals surface area contributed by atoms with Gasteiger partial charge < -0.3 is 15.6 Å². The fourth-order valence-corrected chi connectivity index (χ4v) is 5.01. The first-order valence-electron chi connectivity index (χ1n) is 9.10. The highest BCUT2D eigenvalue weighted by Gasteiger charge is 2.39. The maximum Gasteiger partial charge on any atom is 0.227 e. The normalized spacial score (nSPS) is 28.7. The second-order valence-electron chi connectivity index (χ2n) is 7.26. The number of aromatic nitrogens is 2. The molecule has 2 bridgehead atoms. The summed E-state index contributed by atoms with van der Waals surface area (Å²) in [5.41, 5.74) is 6.16. The topological polar surface area (TPSA) is 94.0 Å². The van der Waals surface area contributed by atoms with Gasteiger partial charge in [0, 0.05) is 24.9 Å². The summed E-state index contributed by atoms with van der Waals surface area (Å²) in [4.78, 5) is 17.8. The van der Waals surface area contributed by atoms with E-state index in [0.29, 0.717) is 48.5 Å². The minimum absolute atomic E-state index is 0.0771. The standard InChI is InChI=1S/C18H24N4O2S/c19-13-9-11-3-1-4-12(10-13)17(11)20-15(23)6-7-16-21-18(22-24-16)14-5-2-8-25-14/h2,5,8,11-13,17H,1,3-4,6-7,9-10,19H2,(H,20,23). The number of amides is 1. The van der Waals surface area contributed by atoms with E-state index < -0.39 is 0 Å². The fraction of sp³-hybridized carbons (Fsp3) is 0.611. The van der Waals surface area contributed by atoms with E-state index in [9.17, 15) is 4.79 Å². The van der Waals surface area contributed by atoms with Crippen LogP contribution in [-0.2, 0) is 11.2 Å². The SMILES string of the molecule is NC1CC2CCCC(C1)C2NC(=O)CCc1nc(-c2cccs2)no1. The van der Waals surface area contributed by atoms with Crippen LogP contribution in [0.1, 0.15) is 44.4 Å². The molecule has 2 atom stereocenters. The molecule has 0 radical (unpaired) electrons. The van der Waals surface area contributed by atoms with Gasteiger partial charge in [0.2, 0.25) is 17.6 Å². The quantitative estimate of drug-likeness (QED) is 0.855. The number of hydrogen-bond donors (Lipinski definition) is 2. The molecule has 2 aliphatic rings. The van der Waals surface area contributed by atoms with Gasteiger partial charge in [0.15, 0.2) is 0 Å². The van der Waals surface area contributed by atoms with Crippen molar-refractivity contribution in [2.24, 2.45) is 17.6 Å². The van der Waals surface area contributed by atoms with Crippen LogP contribution in [0.15, 0.2) is 22.0 Å². The Labute approximate surface area is 151 Å². The number of nitrogens with two attached hydrogens (primary N) is 1. The van der Waals surface area contributed by atoms with E-state index in [2.05, 4.69) is 15.5 Å². The number of thiophene rings is 1. The number of nitrogens with one attached hydrogen (secondary N) is 1. The smallest absolute Gasteiger partial charge is 0.227 e. The second kappa shape index (κ2) is 7.25. The van der Waals surface area contributed by atoms with Crippen molar-refractivity contribution >= 4 is 17.2 Å². The molecule has 2 aliphatic carbocycles. The molecule has 2 fully saturated rings. The van der Waals surface area contributed by atoms with Crippen LogP contribution in [0.5, 0.6) is 0 Å². The lowest BCUT2D eigenvalue weighted by Crippen LogP contribution is -2.53. The Morgan fingerprint density at radius 2 is 2.16 bits per heavy atom. The summed E-state index contributed by atoms with van der Waals surface area (Å²) in [5.74, 6) is 2.28. The molecule has 2 heterocycles. The summed E-state index contributed by atoms with van der Waals surface area (Å²) in [7, 11) is 0. The lowest BCUT2D eigenvalue weighted by molar-refractivity contribution is -0.123. The molecule has 2 saturated carbocycles. The average molecular weight is 360 g/mol. The molecule has 2 unspecified atom stereocenters. The molecule has 0 aromatic carbocycles. The molecule has 0 saturated heterocycles. The van der Waals surface area contributed by atoms with Crippen LogP contribution in [0.3, 0.4) is 0 Å². The minimum atomic E-state index is 0.0771. The molecule has 2 aromatic rings. The highest BCUT2D eigenvalue weighted by atomic mass is 32.1. The lowest BCUT2D eigenvalue weighted by atomic mass is 9.67. The second-order valence-corrected chi connectivity index (χ2v) is 8.21. The Balaban J connectivity index is 1.31. The van der Waals surface area contributed by atoms with Gasteiger partial charge in [-0.25, -0.2) is 0 Å². The van der Waals surface area contributed by atoms with Crippen LogP contribution >= 0.6 is 11.3 Å². The van der Waals surface area contributed by atoms with Crippen LogP contribution in [0.25, 0.3) is 10.7 Å². The first-order chi connectivity index (χ1) is 12.2. The van der Waals surface area contributed by atoms with Crippen LogP contribution in [0, 0.1) is 11.8 Å². The third-order valence-electron chi connectivity index (χ3n) is 5.48. The Hall–Kier alpha value is -1.73. The molecule has 7 heteroatoms. The molecular formula is C18H24N4O2S. The number of aryl methyl sites for hydroxylation is 1. The van der Waals surface area contributed by atoms with Crippen molar-refractivity contribution in [3.63, 3.8) is 0 Å². The van der Waals surface area contributed by atoms with E-state index in [4.69, 9.17) is 10.3 Å². The number of rotatable bonds is 5. The number of carbonyl (C=O) groups is 1. The first-order valence-corrected chi connectivity index (χ1v) is 9.98. The molecule has 25 heavy (non-hydrogen) atoms. The summed E-state index contributed by atoms with van der Waals surface area (Å²) in [5, 5.41) is 9.23. The van der Waals surface area contributed by atoms with E-state index in [1.807, 2.05) is 17.5 Å².